The number of hydrogen-bond donors (Lipinski definition) is 2. The molecule has 7 heteroatoms. The number of primary amides is 1. The highest BCUT2D eigenvalue weighted by Gasteiger charge is 2.51. The summed E-state index contributed by atoms with van der Waals surface area (Å²) in [4.78, 5) is 34.9. The molecule has 3 N–H and O–H groups in total. The van der Waals surface area contributed by atoms with Gasteiger partial charge >= 0.3 is 6.09 Å². The summed E-state index contributed by atoms with van der Waals surface area (Å²) < 4.78 is 4.94. The van der Waals surface area contributed by atoms with Gasteiger partial charge in [0.2, 0.25) is 5.91 Å². The average molecular weight is 271 g/mol. The van der Waals surface area contributed by atoms with Crippen LogP contribution < -0.4 is 11.2 Å². The summed E-state index contributed by atoms with van der Waals surface area (Å²) >= 11 is 0. The Kier molecular flexibility index (Phi) is 5.29. The molecule has 1 unspecified atom stereocenters. The van der Waals surface area contributed by atoms with Crippen LogP contribution in [-0.2, 0) is 14.3 Å². The molecule has 0 radical (unpaired) electrons. The van der Waals surface area contributed by atoms with E-state index in [2.05, 4.69) is 5.43 Å². The first kappa shape index (κ1) is 15.4. The number of hydrogen-bond acceptors (Lipinski definition) is 5. The number of nitrogens with zero attached hydrogens (tertiary/aromatic N) is 1. The molecule has 0 aliphatic carbocycles. The Bertz CT molecular complexity index is 356. The van der Waals surface area contributed by atoms with Gasteiger partial charge in [-0.1, -0.05) is 13.3 Å². The van der Waals surface area contributed by atoms with Gasteiger partial charge in [0, 0.05) is 6.54 Å². The number of rotatable bonds is 6. The third-order valence-corrected chi connectivity index (χ3v) is 3.33. The maximum atomic E-state index is 11.7. The van der Waals surface area contributed by atoms with Crippen LogP contribution in [-0.4, -0.2) is 41.5 Å². The lowest BCUT2D eigenvalue weighted by atomic mass is 9.92. The van der Waals surface area contributed by atoms with Crippen LogP contribution in [0.4, 0.5) is 4.79 Å². The molecule has 1 aliphatic rings. The van der Waals surface area contributed by atoms with Gasteiger partial charge in [0.25, 0.3) is 0 Å². The molecule has 1 aliphatic heterocycles. The zero-order valence-corrected chi connectivity index (χ0v) is 11.4. The number of carbonyl (C=O) groups is 3. The van der Waals surface area contributed by atoms with Crippen LogP contribution >= 0.6 is 0 Å². The van der Waals surface area contributed by atoms with E-state index in [0.717, 1.165) is 12.8 Å². The Labute approximate surface area is 112 Å². The van der Waals surface area contributed by atoms with E-state index >= 15 is 0 Å². The lowest BCUT2D eigenvalue weighted by Crippen LogP contribution is -2.63. The molecule has 0 saturated carbocycles. The number of amides is 2. The summed E-state index contributed by atoms with van der Waals surface area (Å²) in [6, 6.07) is 0. The number of nitrogens with one attached hydrogen (secondary N) is 1. The van der Waals surface area contributed by atoms with Gasteiger partial charge < -0.3 is 10.5 Å². The first-order valence-corrected chi connectivity index (χ1v) is 6.47. The lowest BCUT2D eigenvalue weighted by molar-refractivity contribution is -0.141. The van der Waals surface area contributed by atoms with E-state index in [1.54, 1.807) is 0 Å². The number of carbonyl (C=O) groups excluding carboxylic acids is 3. The topological polar surface area (TPSA) is 102 Å². The number of ketones is 1. The standard InChI is InChI=1S/C12H21N3O4/c1-3-4-8-19-11(18)14-15-7-5-6-12(15,9(2)16)10(13)17/h3-8H2,1-2H3,(H2,13,17)(H,14,18). The Balaban J connectivity index is 2.68. The molecule has 1 atom stereocenters. The van der Waals surface area contributed by atoms with Gasteiger partial charge in [-0.15, -0.1) is 0 Å². The van der Waals surface area contributed by atoms with Crippen molar-refractivity contribution in [3.05, 3.63) is 0 Å². The van der Waals surface area contributed by atoms with Crippen LogP contribution in [0.3, 0.4) is 0 Å². The second-order valence-corrected chi connectivity index (χ2v) is 4.64. The van der Waals surface area contributed by atoms with E-state index < -0.39 is 17.5 Å². The molecule has 0 aromatic rings. The monoisotopic (exact) mass is 271 g/mol. The highest BCUT2D eigenvalue weighted by molar-refractivity contribution is 6.09. The van der Waals surface area contributed by atoms with Crippen LogP contribution in [0.15, 0.2) is 0 Å². The summed E-state index contributed by atoms with van der Waals surface area (Å²) in [6.45, 7) is 3.98. The first-order valence-electron chi connectivity index (χ1n) is 6.47. The largest absolute Gasteiger partial charge is 0.449 e. The third kappa shape index (κ3) is 3.23. The second kappa shape index (κ2) is 6.51. The van der Waals surface area contributed by atoms with Crippen molar-refractivity contribution in [1.82, 2.24) is 10.4 Å². The van der Waals surface area contributed by atoms with Gasteiger partial charge in [-0.05, 0) is 26.2 Å². The minimum absolute atomic E-state index is 0.305. The molecule has 1 heterocycles. The maximum absolute atomic E-state index is 11.7. The summed E-state index contributed by atoms with van der Waals surface area (Å²) in [5.74, 6) is -1.11. The number of nitrogens with two attached hydrogens (primary N) is 1. The zero-order chi connectivity index (χ0) is 14.5. The summed E-state index contributed by atoms with van der Waals surface area (Å²) in [5.41, 5.74) is 6.33. The van der Waals surface area contributed by atoms with Crippen molar-refractivity contribution < 1.29 is 19.1 Å². The minimum atomic E-state index is -1.44. The molecular weight excluding hydrogens is 250 g/mol. The van der Waals surface area contributed by atoms with Crippen molar-refractivity contribution in [3.63, 3.8) is 0 Å². The zero-order valence-electron chi connectivity index (χ0n) is 11.4. The van der Waals surface area contributed by atoms with Crippen molar-refractivity contribution >= 4 is 17.8 Å². The molecule has 19 heavy (non-hydrogen) atoms. The van der Waals surface area contributed by atoms with Gasteiger partial charge in [0.15, 0.2) is 11.3 Å². The van der Waals surface area contributed by atoms with Gasteiger partial charge in [-0.3, -0.25) is 15.0 Å². The number of ether oxygens (including phenoxy) is 1. The van der Waals surface area contributed by atoms with Crippen molar-refractivity contribution in [2.45, 2.75) is 45.1 Å². The van der Waals surface area contributed by atoms with E-state index in [1.807, 2.05) is 6.92 Å². The highest BCUT2D eigenvalue weighted by atomic mass is 16.6. The molecule has 7 nitrogen and oxygen atoms in total. The average Bonchev–Trinajstić information content (AvgIpc) is 2.74. The van der Waals surface area contributed by atoms with Crippen molar-refractivity contribution in [3.8, 4) is 0 Å². The van der Waals surface area contributed by atoms with Crippen LogP contribution in [0.1, 0.15) is 39.5 Å². The highest BCUT2D eigenvalue weighted by Crippen LogP contribution is 2.28. The molecule has 108 valence electrons. The Morgan fingerprint density at radius 2 is 2.11 bits per heavy atom. The van der Waals surface area contributed by atoms with E-state index in [0.29, 0.717) is 26.0 Å². The summed E-state index contributed by atoms with van der Waals surface area (Å²) in [5, 5.41) is 1.30. The first-order chi connectivity index (χ1) is 8.95. The molecule has 0 aromatic carbocycles. The molecule has 0 aromatic heterocycles. The van der Waals surface area contributed by atoms with Gasteiger partial charge in [-0.25, -0.2) is 4.79 Å². The van der Waals surface area contributed by atoms with Crippen LogP contribution in [0.2, 0.25) is 0 Å². The molecule has 1 fully saturated rings. The molecule has 2 amide bonds. The molecular formula is C12H21N3O4. The Hall–Kier alpha value is -1.63. The van der Waals surface area contributed by atoms with Crippen molar-refractivity contribution in [2.75, 3.05) is 13.2 Å². The van der Waals surface area contributed by atoms with Gasteiger partial charge in [0.05, 0.1) is 6.61 Å². The van der Waals surface area contributed by atoms with Crippen LogP contribution in [0.25, 0.3) is 0 Å². The van der Waals surface area contributed by atoms with E-state index in [9.17, 15) is 14.4 Å². The number of Topliss-reactive ketones (excluding diaryl/α,β-unsaturated/α-hetero) is 1. The molecule has 1 rings (SSSR count). The van der Waals surface area contributed by atoms with Gasteiger partial charge in [-0.2, -0.15) is 5.01 Å². The Morgan fingerprint density at radius 3 is 2.63 bits per heavy atom. The summed E-state index contributed by atoms with van der Waals surface area (Å²) in [7, 11) is 0. The van der Waals surface area contributed by atoms with E-state index in [-0.39, 0.29) is 5.78 Å². The fraction of sp³-hybridized carbons (Fsp3) is 0.750. The van der Waals surface area contributed by atoms with Crippen LogP contribution in [0.5, 0.6) is 0 Å². The number of hydrazine groups is 1. The predicted molar refractivity (Wildman–Crippen MR) is 67.9 cm³/mol. The third-order valence-electron chi connectivity index (χ3n) is 3.33. The number of unbranched alkanes of at least 4 members (excludes halogenated alkanes) is 1. The predicted octanol–water partition coefficient (Wildman–Crippen LogP) is 0.337. The molecule has 0 bridgehead atoms. The summed E-state index contributed by atoms with van der Waals surface area (Å²) in [6.07, 6.45) is 1.93. The van der Waals surface area contributed by atoms with Crippen molar-refractivity contribution in [2.24, 2.45) is 5.73 Å². The minimum Gasteiger partial charge on any atom is -0.449 e. The van der Waals surface area contributed by atoms with Crippen molar-refractivity contribution in [1.29, 1.82) is 0 Å². The lowest BCUT2D eigenvalue weighted by Gasteiger charge is -2.32. The second-order valence-electron chi connectivity index (χ2n) is 4.64. The molecule has 1 saturated heterocycles. The smallest absolute Gasteiger partial charge is 0.421 e. The Morgan fingerprint density at radius 1 is 1.42 bits per heavy atom. The van der Waals surface area contributed by atoms with E-state index in [4.69, 9.17) is 10.5 Å². The quantitative estimate of drug-likeness (QED) is 0.535. The SMILES string of the molecule is CCCCOC(=O)NN1CCCC1(C(C)=O)C(N)=O. The maximum Gasteiger partial charge on any atom is 0.421 e. The van der Waals surface area contributed by atoms with Crippen LogP contribution in [0, 0.1) is 0 Å². The normalized spacial score (nSPS) is 23.1. The van der Waals surface area contributed by atoms with Gasteiger partial charge in [0.1, 0.15) is 0 Å². The molecule has 0 spiro atoms. The fourth-order valence-corrected chi connectivity index (χ4v) is 2.22. The van der Waals surface area contributed by atoms with E-state index in [1.165, 1.54) is 11.9 Å². The fourth-order valence-electron chi connectivity index (χ4n) is 2.22.